The highest BCUT2D eigenvalue weighted by molar-refractivity contribution is 4.87. The number of nitrogens with one attached hydrogen (secondary N) is 1. The van der Waals surface area contributed by atoms with Gasteiger partial charge in [-0.25, -0.2) is 0 Å². The molecular formula is C12H23NO. The van der Waals surface area contributed by atoms with E-state index in [9.17, 15) is 0 Å². The van der Waals surface area contributed by atoms with E-state index in [1.807, 2.05) is 7.11 Å². The molecule has 0 amide bonds. The Morgan fingerprint density at radius 2 is 2.07 bits per heavy atom. The van der Waals surface area contributed by atoms with Crippen molar-refractivity contribution in [2.75, 3.05) is 13.7 Å². The fourth-order valence-corrected chi connectivity index (χ4v) is 2.77. The van der Waals surface area contributed by atoms with E-state index in [1.165, 1.54) is 38.6 Å². The van der Waals surface area contributed by atoms with Gasteiger partial charge in [-0.3, -0.25) is 0 Å². The number of methoxy groups -OCH3 is 1. The number of hydrogen-bond acceptors (Lipinski definition) is 2. The van der Waals surface area contributed by atoms with E-state index >= 15 is 0 Å². The van der Waals surface area contributed by atoms with E-state index in [2.05, 4.69) is 12.2 Å². The summed E-state index contributed by atoms with van der Waals surface area (Å²) in [5.41, 5.74) is 0. The summed E-state index contributed by atoms with van der Waals surface area (Å²) in [5, 5.41) is 3.68. The van der Waals surface area contributed by atoms with Crippen LogP contribution in [-0.4, -0.2) is 25.8 Å². The lowest BCUT2D eigenvalue weighted by molar-refractivity contribution is 0.0161. The molecule has 0 aromatic rings. The molecule has 2 saturated carbocycles. The van der Waals surface area contributed by atoms with E-state index in [1.54, 1.807) is 0 Å². The molecule has 82 valence electrons. The van der Waals surface area contributed by atoms with Crippen LogP contribution in [-0.2, 0) is 4.74 Å². The summed E-state index contributed by atoms with van der Waals surface area (Å²) >= 11 is 0. The van der Waals surface area contributed by atoms with Crippen LogP contribution in [0.4, 0.5) is 0 Å². The fraction of sp³-hybridized carbons (Fsp3) is 1.00. The topological polar surface area (TPSA) is 21.3 Å². The van der Waals surface area contributed by atoms with Crippen LogP contribution in [0.15, 0.2) is 0 Å². The van der Waals surface area contributed by atoms with Gasteiger partial charge in [-0.05, 0) is 37.6 Å². The van der Waals surface area contributed by atoms with Crippen LogP contribution >= 0.6 is 0 Å². The van der Waals surface area contributed by atoms with Gasteiger partial charge in [-0.15, -0.1) is 0 Å². The van der Waals surface area contributed by atoms with E-state index in [0.29, 0.717) is 6.10 Å². The molecular weight excluding hydrogens is 174 g/mol. The first kappa shape index (κ1) is 10.4. The predicted octanol–water partition coefficient (Wildman–Crippen LogP) is 2.19. The fourth-order valence-electron chi connectivity index (χ4n) is 2.77. The Morgan fingerprint density at radius 3 is 2.64 bits per heavy atom. The van der Waals surface area contributed by atoms with Crippen LogP contribution in [0.1, 0.15) is 39.0 Å². The van der Waals surface area contributed by atoms with Crippen molar-refractivity contribution in [3.63, 3.8) is 0 Å². The first-order chi connectivity index (χ1) is 6.79. The zero-order valence-corrected chi connectivity index (χ0v) is 9.46. The summed E-state index contributed by atoms with van der Waals surface area (Å²) in [6.45, 7) is 3.64. The standard InChI is InChI=1S/C12H23NO/c1-9-4-3-5-10(9)8-13-11-6-12(7-11)14-2/h9-13H,3-8H2,1-2H3. The Kier molecular flexibility index (Phi) is 3.45. The largest absolute Gasteiger partial charge is 0.381 e. The molecule has 2 fully saturated rings. The SMILES string of the molecule is COC1CC(NCC2CCCC2C)C1. The predicted molar refractivity (Wildman–Crippen MR) is 58.3 cm³/mol. The second-order valence-electron chi connectivity index (χ2n) is 5.10. The molecule has 0 aromatic carbocycles. The van der Waals surface area contributed by atoms with Crippen molar-refractivity contribution in [3.8, 4) is 0 Å². The van der Waals surface area contributed by atoms with Crippen LogP contribution in [0.25, 0.3) is 0 Å². The second kappa shape index (κ2) is 4.63. The molecule has 2 rings (SSSR count). The highest BCUT2D eigenvalue weighted by Crippen LogP contribution is 2.31. The molecule has 2 atom stereocenters. The molecule has 0 radical (unpaired) electrons. The lowest BCUT2D eigenvalue weighted by Crippen LogP contribution is -2.46. The quantitative estimate of drug-likeness (QED) is 0.746. The lowest BCUT2D eigenvalue weighted by Gasteiger charge is -2.35. The molecule has 14 heavy (non-hydrogen) atoms. The summed E-state index contributed by atoms with van der Waals surface area (Å²) in [6, 6.07) is 0.743. The average Bonchev–Trinajstić information content (AvgIpc) is 2.49. The maximum Gasteiger partial charge on any atom is 0.0601 e. The van der Waals surface area contributed by atoms with Gasteiger partial charge in [0.1, 0.15) is 0 Å². The summed E-state index contributed by atoms with van der Waals surface area (Å²) in [6.07, 6.45) is 7.30. The second-order valence-corrected chi connectivity index (χ2v) is 5.10. The highest BCUT2D eigenvalue weighted by Gasteiger charge is 2.30. The molecule has 0 bridgehead atoms. The molecule has 0 saturated heterocycles. The van der Waals surface area contributed by atoms with Crippen LogP contribution in [0, 0.1) is 11.8 Å². The summed E-state index contributed by atoms with van der Waals surface area (Å²) in [4.78, 5) is 0. The molecule has 0 aromatic heterocycles. The van der Waals surface area contributed by atoms with Gasteiger partial charge in [-0.1, -0.05) is 19.8 Å². The van der Waals surface area contributed by atoms with E-state index in [0.717, 1.165) is 17.9 Å². The smallest absolute Gasteiger partial charge is 0.0601 e. The number of rotatable bonds is 4. The molecule has 0 aliphatic heterocycles. The molecule has 2 unspecified atom stereocenters. The first-order valence-corrected chi connectivity index (χ1v) is 6.05. The summed E-state index contributed by atoms with van der Waals surface area (Å²) < 4.78 is 5.27. The third-order valence-corrected chi connectivity index (χ3v) is 4.14. The van der Waals surface area contributed by atoms with Gasteiger partial charge in [-0.2, -0.15) is 0 Å². The van der Waals surface area contributed by atoms with Gasteiger partial charge >= 0.3 is 0 Å². The minimum Gasteiger partial charge on any atom is -0.381 e. The van der Waals surface area contributed by atoms with Crippen molar-refractivity contribution in [1.29, 1.82) is 0 Å². The molecule has 1 N–H and O–H groups in total. The average molecular weight is 197 g/mol. The summed E-state index contributed by atoms with van der Waals surface area (Å²) in [7, 11) is 1.82. The van der Waals surface area contributed by atoms with Crippen molar-refractivity contribution in [2.24, 2.45) is 11.8 Å². The monoisotopic (exact) mass is 197 g/mol. The maximum atomic E-state index is 5.27. The minimum atomic E-state index is 0.536. The lowest BCUT2D eigenvalue weighted by atomic mass is 9.88. The summed E-state index contributed by atoms with van der Waals surface area (Å²) in [5.74, 6) is 1.89. The van der Waals surface area contributed by atoms with E-state index in [4.69, 9.17) is 4.74 Å². The normalized spacial score (nSPS) is 42.4. The van der Waals surface area contributed by atoms with Gasteiger partial charge in [0, 0.05) is 13.2 Å². The van der Waals surface area contributed by atoms with Crippen molar-refractivity contribution in [1.82, 2.24) is 5.32 Å². The molecule has 2 aliphatic rings. The van der Waals surface area contributed by atoms with Crippen LogP contribution < -0.4 is 5.32 Å². The Morgan fingerprint density at radius 1 is 1.29 bits per heavy atom. The van der Waals surface area contributed by atoms with E-state index in [-0.39, 0.29) is 0 Å². The third-order valence-electron chi connectivity index (χ3n) is 4.14. The number of hydrogen-bond donors (Lipinski definition) is 1. The minimum absolute atomic E-state index is 0.536. The molecule has 2 aliphatic carbocycles. The van der Waals surface area contributed by atoms with Crippen LogP contribution in [0.5, 0.6) is 0 Å². The Balaban J connectivity index is 1.59. The van der Waals surface area contributed by atoms with Crippen LogP contribution in [0.3, 0.4) is 0 Å². The van der Waals surface area contributed by atoms with Crippen molar-refractivity contribution in [3.05, 3.63) is 0 Å². The van der Waals surface area contributed by atoms with Gasteiger partial charge in [0.25, 0.3) is 0 Å². The third kappa shape index (κ3) is 2.29. The molecule has 0 heterocycles. The van der Waals surface area contributed by atoms with Gasteiger partial charge < -0.3 is 10.1 Å². The zero-order valence-electron chi connectivity index (χ0n) is 9.46. The number of ether oxygens (including phenoxy) is 1. The Bertz CT molecular complexity index is 177. The molecule has 2 heteroatoms. The molecule has 0 spiro atoms. The highest BCUT2D eigenvalue weighted by atomic mass is 16.5. The van der Waals surface area contributed by atoms with Gasteiger partial charge in [0.2, 0.25) is 0 Å². The van der Waals surface area contributed by atoms with Crippen molar-refractivity contribution < 1.29 is 4.74 Å². The Hall–Kier alpha value is -0.0800. The van der Waals surface area contributed by atoms with Crippen molar-refractivity contribution >= 4 is 0 Å². The first-order valence-electron chi connectivity index (χ1n) is 6.05. The molecule has 2 nitrogen and oxygen atoms in total. The van der Waals surface area contributed by atoms with E-state index < -0.39 is 0 Å². The van der Waals surface area contributed by atoms with Gasteiger partial charge in [0.05, 0.1) is 6.10 Å². The van der Waals surface area contributed by atoms with Crippen LogP contribution in [0.2, 0.25) is 0 Å². The zero-order chi connectivity index (χ0) is 9.97. The Labute approximate surface area is 87.4 Å². The van der Waals surface area contributed by atoms with Gasteiger partial charge in [0.15, 0.2) is 0 Å². The van der Waals surface area contributed by atoms with Crippen molar-refractivity contribution in [2.45, 2.75) is 51.2 Å². The maximum absolute atomic E-state index is 5.27.